The lowest BCUT2D eigenvalue weighted by atomic mass is 9.96. The standard InChI is InChI=1S/C20H32N2O4S2/c1-16-8-7-9-17(2)22(16)28(25,26)20-14-12-19(13-15-20)27(23,24)21(3)18-10-5-4-6-11-18/h12-18H,4-11H2,1-3H3/t16-,17-/m0/s1. The number of nitrogens with zero attached hydrogens (tertiary/aromatic N) is 2. The maximum absolute atomic E-state index is 13.1. The molecule has 1 aromatic carbocycles. The summed E-state index contributed by atoms with van der Waals surface area (Å²) in [5, 5.41) is 0. The molecule has 158 valence electrons. The van der Waals surface area contributed by atoms with Gasteiger partial charge in [0.05, 0.1) is 9.79 Å². The zero-order chi connectivity index (χ0) is 20.5. The van der Waals surface area contributed by atoms with Crippen molar-refractivity contribution < 1.29 is 16.8 Å². The molecular formula is C20H32N2O4S2. The van der Waals surface area contributed by atoms with Gasteiger partial charge in [0.25, 0.3) is 0 Å². The van der Waals surface area contributed by atoms with E-state index in [9.17, 15) is 16.8 Å². The molecule has 28 heavy (non-hydrogen) atoms. The van der Waals surface area contributed by atoms with Gasteiger partial charge in [0.1, 0.15) is 0 Å². The first kappa shape index (κ1) is 21.7. The summed E-state index contributed by atoms with van der Waals surface area (Å²) in [6.07, 6.45) is 7.75. The van der Waals surface area contributed by atoms with Crippen molar-refractivity contribution >= 4 is 20.0 Å². The van der Waals surface area contributed by atoms with Crippen LogP contribution in [0.3, 0.4) is 0 Å². The summed E-state index contributed by atoms with van der Waals surface area (Å²) in [5.74, 6) is 0. The van der Waals surface area contributed by atoms with Crippen LogP contribution >= 0.6 is 0 Å². The molecule has 0 radical (unpaired) electrons. The Morgan fingerprint density at radius 2 is 1.29 bits per heavy atom. The molecular weight excluding hydrogens is 396 g/mol. The smallest absolute Gasteiger partial charge is 0.207 e. The van der Waals surface area contributed by atoms with Crippen LogP contribution in [-0.4, -0.2) is 50.6 Å². The molecule has 3 rings (SSSR count). The van der Waals surface area contributed by atoms with Crippen molar-refractivity contribution in [1.82, 2.24) is 8.61 Å². The highest BCUT2D eigenvalue weighted by atomic mass is 32.2. The number of hydrogen-bond donors (Lipinski definition) is 0. The van der Waals surface area contributed by atoms with Gasteiger partial charge in [-0.25, -0.2) is 16.8 Å². The third-order valence-corrected chi connectivity index (χ3v) is 10.3. The number of piperidine rings is 1. The third kappa shape index (κ3) is 4.15. The average molecular weight is 429 g/mol. The Balaban J connectivity index is 1.84. The van der Waals surface area contributed by atoms with E-state index in [1.165, 1.54) is 28.6 Å². The van der Waals surface area contributed by atoms with Crippen LogP contribution in [0.4, 0.5) is 0 Å². The van der Waals surface area contributed by atoms with Crippen molar-refractivity contribution in [2.75, 3.05) is 7.05 Å². The summed E-state index contributed by atoms with van der Waals surface area (Å²) >= 11 is 0. The highest BCUT2D eigenvalue weighted by molar-refractivity contribution is 7.89. The summed E-state index contributed by atoms with van der Waals surface area (Å²) < 4.78 is 55.2. The summed E-state index contributed by atoms with van der Waals surface area (Å²) in [4.78, 5) is 0.312. The summed E-state index contributed by atoms with van der Waals surface area (Å²) in [6.45, 7) is 3.87. The van der Waals surface area contributed by atoms with Crippen molar-refractivity contribution in [2.24, 2.45) is 0 Å². The van der Waals surface area contributed by atoms with E-state index in [0.29, 0.717) is 0 Å². The lowest BCUT2D eigenvalue weighted by molar-refractivity contribution is 0.204. The maximum atomic E-state index is 13.1. The van der Waals surface area contributed by atoms with Gasteiger partial charge in [-0.15, -0.1) is 0 Å². The average Bonchev–Trinajstić information content (AvgIpc) is 2.68. The fourth-order valence-corrected chi connectivity index (χ4v) is 7.88. The van der Waals surface area contributed by atoms with Gasteiger partial charge in [-0.2, -0.15) is 8.61 Å². The molecule has 0 spiro atoms. The highest BCUT2D eigenvalue weighted by Crippen LogP contribution is 2.31. The van der Waals surface area contributed by atoms with E-state index in [-0.39, 0.29) is 27.9 Å². The van der Waals surface area contributed by atoms with E-state index >= 15 is 0 Å². The van der Waals surface area contributed by atoms with Gasteiger partial charge in [0.15, 0.2) is 0 Å². The second-order valence-corrected chi connectivity index (χ2v) is 12.1. The molecule has 1 saturated heterocycles. The molecule has 1 saturated carbocycles. The Hall–Kier alpha value is -0.960. The predicted molar refractivity (Wildman–Crippen MR) is 110 cm³/mol. The Morgan fingerprint density at radius 1 is 0.786 bits per heavy atom. The molecule has 2 atom stereocenters. The largest absolute Gasteiger partial charge is 0.243 e. The summed E-state index contributed by atoms with van der Waals surface area (Å²) in [6, 6.07) is 5.67. The second-order valence-electron chi connectivity index (χ2n) is 8.25. The zero-order valence-corrected chi connectivity index (χ0v) is 18.7. The Kier molecular flexibility index (Phi) is 6.54. The first-order valence-electron chi connectivity index (χ1n) is 10.3. The Labute approximate surface area is 170 Å². The van der Waals surface area contributed by atoms with Gasteiger partial charge in [-0.3, -0.25) is 0 Å². The number of sulfonamides is 2. The minimum absolute atomic E-state index is 0.0252. The predicted octanol–water partition coefficient (Wildman–Crippen LogP) is 3.59. The van der Waals surface area contributed by atoms with Gasteiger partial charge in [-0.1, -0.05) is 25.7 Å². The normalized spacial score (nSPS) is 25.9. The molecule has 0 N–H and O–H groups in total. The van der Waals surface area contributed by atoms with E-state index in [1.54, 1.807) is 11.4 Å². The van der Waals surface area contributed by atoms with E-state index in [1.807, 2.05) is 13.8 Å². The van der Waals surface area contributed by atoms with Crippen LogP contribution < -0.4 is 0 Å². The van der Waals surface area contributed by atoms with Gasteiger partial charge in [0, 0.05) is 25.2 Å². The third-order valence-electron chi connectivity index (χ3n) is 6.28. The SMILES string of the molecule is C[C@H]1CCC[C@H](C)N1S(=O)(=O)c1ccc(S(=O)(=O)N(C)C2CCCCC2)cc1. The molecule has 2 fully saturated rings. The molecule has 1 aliphatic carbocycles. The highest BCUT2D eigenvalue weighted by Gasteiger charge is 2.36. The van der Waals surface area contributed by atoms with E-state index in [0.717, 1.165) is 51.4 Å². The van der Waals surface area contributed by atoms with Crippen LogP contribution in [0.1, 0.15) is 65.2 Å². The van der Waals surface area contributed by atoms with Crippen molar-refractivity contribution in [3.05, 3.63) is 24.3 Å². The molecule has 0 bridgehead atoms. The Morgan fingerprint density at radius 3 is 1.82 bits per heavy atom. The van der Waals surface area contributed by atoms with E-state index in [2.05, 4.69) is 0 Å². The minimum Gasteiger partial charge on any atom is -0.207 e. The van der Waals surface area contributed by atoms with Crippen LogP contribution in [-0.2, 0) is 20.0 Å². The molecule has 2 aliphatic rings. The number of benzene rings is 1. The lowest BCUT2D eigenvalue weighted by Gasteiger charge is -2.37. The number of rotatable bonds is 5. The Bertz CT molecular complexity index is 865. The van der Waals surface area contributed by atoms with E-state index < -0.39 is 20.0 Å². The quantitative estimate of drug-likeness (QED) is 0.718. The topological polar surface area (TPSA) is 74.8 Å². The molecule has 1 aromatic rings. The first-order chi connectivity index (χ1) is 13.2. The monoisotopic (exact) mass is 428 g/mol. The van der Waals surface area contributed by atoms with Crippen LogP contribution in [0.25, 0.3) is 0 Å². The molecule has 0 aromatic heterocycles. The molecule has 0 unspecified atom stereocenters. The van der Waals surface area contributed by atoms with Crippen LogP contribution in [0.15, 0.2) is 34.1 Å². The van der Waals surface area contributed by atoms with Gasteiger partial charge < -0.3 is 0 Å². The van der Waals surface area contributed by atoms with Crippen LogP contribution in [0.2, 0.25) is 0 Å². The fourth-order valence-electron chi connectivity index (χ4n) is 4.58. The zero-order valence-electron chi connectivity index (χ0n) is 17.0. The fraction of sp³-hybridized carbons (Fsp3) is 0.700. The molecule has 1 heterocycles. The van der Waals surface area contributed by atoms with Crippen LogP contribution in [0, 0.1) is 0 Å². The molecule has 1 aliphatic heterocycles. The van der Waals surface area contributed by atoms with Crippen LogP contribution in [0.5, 0.6) is 0 Å². The molecule has 6 nitrogen and oxygen atoms in total. The minimum atomic E-state index is -3.64. The molecule has 0 amide bonds. The van der Waals surface area contributed by atoms with Crippen molar-refractivity contribution in [3.63, 3.8) is 0 Å². The second kappa shape index (κ2) is 8.42. The number of hydrogen-bond acceptors (Lipinski definition) is 4. The summed E-state index contributed by atoms with van der Waals surface area (Å²) in [7, 11) is -5.63. The van der Waals surface area contributed by atoms with Gasteiger partial charge in [-0.05, 0) is 63.8 Å². The molecule has 8 heteroatoms. The van der Waals surface area contributed by atoms with Crippen molar-refractivity contribution in [1.29, 1.82) is 0 Å². The first-order valence-corrected chi connectivity index (χ1v) is 13.2. The summed E-state index contributed by atoms with van der Waals surface area (Å²) in [5.41, 5.74) is 0. The van der Waals surface area contributed by atoms with Gasteiger partial charge >= 0.3 is 0 Å². The van der Waals surface area contributed by atoms with E-state index in [4.69, 9.17) is 0 Å². The maximum Gasteiger partial charge on any atom is 0.243 e. The van der Waals surface area contributed by atoms with Crippen molar-refractivity contribution in [2.45, 2.75) is 93.1 Å². The van der Waals surface area contributed by atoms with Crippen molar-refractivity contribution in [3.8, 4) is 0 Å². The lowest BCUT2D eigenvalue weighted by Crippen LogP contribution is -2.47. The van der Waals surface area contributed by atoms with Gasteiger partial charge in [0.2, 0.25) is 20.0 Å².